The van der Waals surface area contributed by atoms with E-state index in [-0.39, 0.29) is 17.4 Å². The lowest BCUT2D eigenvalue weighted by Gasteiger charge is -2.20. The number of nitrogens with one attached hydrogen (secondary N) is 1. The van der Waals surface area contributed by atoms with Crippen LogP contribution in [0.25, 0.3) is 0 Å². The van der Waals surface area contributed by atoms with Gasteiger partial charge in [-0.1, -0.05) is 28.9 Å². The number of rotatable bonds is 7. The number of H-pyrrole nitrogens is 1. The third kappa shape index (κ3) is 5.88. The Balaban J connectivity index is 2.08. The molecule has 0 radical (unpaired) electrons. The standard InChI is InChI=1S/C17H17ClF3N5O3/c1-25(15-14(18)7-12(8-23-15)17(19,20)21)26(16(22)27)10-24-29-9-11-3-5-13(28-2)6-4-11/h3-8,10H,9H2,1-2H3,(H2,22,27)/p+1/b24-10+. The summed E-state index contributed by atoms with van der Waals surface area (Å²) in [6.45, 7) is 0.101. The third-order valence-electron chi connectivity index (χ3n) is 3.69. The molecule has 0 aliphatic heterocycles. The molecule has 2 amide bonds. The monoisotopic (exact) mass is 432 g/mol. The van der Waals surface area contributed by atoms with E-state index in [0.717, 1.165) is 28.0 Å². The van der Waals surface area contributed by atoms with Crippen molar-refractivity contribution in [2.75, 3.05) is 19.2 Å². The first-order valence-corrected chi connectivity index (χ1v) is 8.40. The highest BCUT2D eigenvalue weighted by atomic mass is 35.5. The van der Waals surface area contributed by atoms with Gasteiger partial charge in [-0.2, -0.15) is 13.2 Å². The van der Waals surface area contributed by atoms with Crippen LogP contribution in [0.2, 0.25) is 5.02 Å². The molecule has 1 aromatic heterocycles. The van der Waals surface area contributed by atoms with Gasteiger partial charge < -0.3 is 15.3 Å². The number of carbonyl (C=O) groups excluding carboxylic acids is 1. The van der Waals surface area contributed by atoms with E-state index in [4.69, 9.17) is 26.9 Å². The summed E-state index contributed by atoms with van der Waals surface area (Å²) in [7, 11) is 2.90. The molecule has 1 heterocycles. The Morgan fingerprint density at radius 1 is 1.34 bits per heavy atom. The highest BCUT2D eigenvalue weighted by molar-refractivity contribution is 6.32. The van der Waals surface area contributed by atoms with Crippen molar-refractivity contribution in [3.63, 3.8) is 0 Å². The molecular formula is C17H18ClF3N5O3+. The van der Waals surface area contributed by atoms with Gasteiger partial charge in [0.15, 0.2) is 6.34 Å². The minimum absolute atomic E-state index is 0.0138. The van der Waals surface area contributed by atoms with Crippen molar-refractivity contribution in [1.82, 2.24) is 5.01 Å². The van der Waals surface area contributed by atoms with Crippen molar-refractivity contribution in [2.24, 2.45) is 10.9 Å². The Morgan fingerprint density at radius 2 is 2.00 bits per heavy atom. The summed E-state index contributed by atoms with van der Waals surface area (Å²) in [5.74, 6) is 0.670. The number of aromatic nitrogens is 1. The summed E-state index contributed by atoms with van der Waals surface area (Å²) in [5.41, 5.74) is 5.12. The molecule has 0 spiro atoms. The molecule has 0 fully saturated rings. The van der Waals surface area contributed by atoms with Crippen LogP contribution in [0.3, 0.4) is 0 Å². The number of anilines is 1. The van der Waals surface area contributed by atoms with Gasteiger partial charge in [0.25, 0.3) is 0 Å². The maximum atomic E-state index is 12.8. The molecule has 0 bridgehead atoms. The van der Waals surface area contributed by atoms with Crippen LogP contribution < -0.4 is 20.5 Å². The van der Waals surface area contributed by atoms with E-state index in [0.29, 0.717) is 11.9 Å². The largest absolute Gasteiger partial charge is 0.497 e. The van der Waals surface area contributed by atoms with Crippen molar-refractivity contribution in [2.45, 2.75) is 12.8 Å². The van der Waals surface area contributed by atoms with Gasteiger partial charge in [-0.05, 0) is 23.8 Å². The molecule has 0 saturated carbocycles. The number of hydrazine groups is 1. The topological polar surface area (TPSA) is 94.5 Å². The van der Waals surface area contributed by atoms with Crippen molar-refractivity contribution >= 4 is 29.8 Å². The number of urea groups is 1. The summed E-state index contributed by atoms with van der Waals surface area (Å²) in [4.78, 5) is 19.2. The molecule has 1 aromatic carbocycles. The van der Waals surface area contributed by atoms with Gasteiger partial charge >= 0.3 is 18.0 Å². The van der Waals surface area contributed by atoms with E-state index in [1.165, 1.54) is 7.05 Å². The highest BCUT2D eigenvalue weighted by Crippen LogP contribution is 2.32. The predicted molar refractivity (Wildman–Crippen MR) is 99.1 cm³/mol. The van der Waals surface area contributed by atoms with Gasteiger partial charge in [0, 0.05) is 0 Å². The number of ether oxygens (including phenoxy) is 1. The number of nitrogens with zero attached hydrogens (tertiary/aromatic N) is 3. The highest BCUT2D eigenvalue weighted by Gasteiger charge is 2.34. The quantitative estimate of drug-likeness (QED) is 0.413. The van der Waals surface area contributed by atoms with Crippen LogP contribution >= 0.6 is 11.6 Å². The number of primary amides is 1. The van der Waals surface area contributed by atoms with E-state index < -0.39 is 17.8 Å². The number of nitrogens with two attached hydrogens (primary N) is 1. The molecular weight excluding hydrogens is 415 g/mol. The minimum atomic E-state index is -4.57. The Morgan fingerprint density at radius 3 is 2.52 bits per heavy atom. The van der Waals surface area contributed by atoms with Crippen LogP contribution in [0, 0.1) is 0 Å². The molecule has 0 aliphatic carbocycles. The first-order valence-electron chi connectivity index (χ1n) is 8.02. The van der Waals surface area contributed by atoms with Gasteiger partial charge in [-0.3, -0.25) is 0 Å². The maximum Gasteiger partial charge on any atom is 0.419 e. The fraction of sp³-hybridized carbons (Fsp3) is 0.235. The second kappa shape index (κ2) is 9.32. The SMILES string of the molecule is COc1ccc(CO/N=C/N(C(N)=O)N(C)c2[nH+]cc(C(F)(F)F)cc2Cl)cc1. The van der Waals surface area contributed by atoms with Crippen LogP contribution in [-0.4, -0.2) is 31.5 Å². The molecule has 12 heteroatoms. The number of oxime groups is 1. The molecule has 156 valence electrons. The molecule has 8 nitrogen and oxygen atoms in total. The number of benzene rings is 1. The molecule has 29 heavy (non-hydrogen) atoms. The smallest absolute Gasteiger partial charge is 0.419 e. The van der Waals surface area contributed by atoms with Crippen molar-refractivity contribution in [3.05, 3.63) is 52.7 Å². The van der Waals surface area contributed by atoms with Gasteiger partial charge in [0.1, 0.15) is 30.6 Å². The van der Waals surface area contributed by atoms with Gasteiger partial charge in [-0.15, -0.1) is 10.0 Å². The molecule has 0 aliphatic rings. The fourth-order valence-corrected chi connectivity index (χ4v) is 2.47. The lowest BCUT2D eigenvalue weighted by atomic mass is 10.2. The normalized spacial score (nSPS) is 11.4. The Labute approximate surface area is 169 Å². The zero-order chi connectivity index (χ0) is 21.6. The Bertz CT molecular complexity index is 878. The lowest BCUT2D eigenvalue weighted by Crippen LogP contribution is -2.48. The number of methoxy groups -OCH3 is 1. The summed E-state index contributed by atoms with van der Waals surface area (Å²) < 4.78 is 43.3. The van der Waals surface area contributed by atoms with E-state index in [1.54, 1.807) is 31.4 Å². The van der Waals surface area contributed by atoms with Crippen molar-refractivity contribution < 1.29 is 32.5 Å². The number of aromatic amines is 1. The minimum Gasteiger partial charge on any atom is -0.497 e. The summed E-state index contributed by atoms with van der Waals surface area (Å²) >= 11 is 5.91. The first kappa shape index (κ1) is 22.1. The zero-order valence-electron chi connectivity index (χ0n) is 15.4. The van der Waals surface area contributed by atoms with Gasteiger partial charge in [0.2, 0.25) is 0 Å². The molecule has 3 N–H and O–H groups in total. The van der Waals surface area contributed by atoms with Crippen LogP contribution in [0.1, 0.15) is 11.1 Å². The number of halogens is 4. The second-order valence-electron chi connectivity index (χ2n) is 5.63. The second-order valence-corrected chi connectivity index (χ2v) is 6.04. The molecule has 2 rings (SSSR count). The lowest BCUT2D eigenvalue weighted by molar-refractivity contribution is -0.368. The number of pyridine rings is 1. The zero-order valence-corrected chi connectivity index (χ0v) is 16.2. The van der Waals surface area contributed by atoms with E-state index >= 15 is 0 Å². The summed E-state index contributed by atoms with van der Waals surface area (Å²) in [6.07, 6.45) is -2.89. The van der Waals surface area contributed by atoms with Gasteiger partial charge in [0.05, 0.1) is 12.7 Å². The van der Waals surface area contributed by atoms with Crippen LogP contribution in [0.15, 0.2) is 41.7 Å². The summed E-state index contributed by atoms with van der Waals surface area (Å²) in [6, 6.07) is 6.78. The van der Waals surface area contributed by atoms with Gasteiger partial charge in [-0.25, -0.2) is 9.78 Å². The number of amides is 2. The molecule has 0 unspecified atom stereocenters. The van der Waals surface area contributed by atoms with Crippen molar-refractivity contribution in [3.8, 4) is 5.75 Å². The van der Waals surface area contributed by atoms with E-state index in [1.807, 2.05) is 0 Å². The Hall–Kier alpha value is -3.21. The molecule has 2 aromatic rings. The van der Waals surface area contributed by atoms with Crippen LogP contribution in [0.4, 0.5) is 23.8 Å². The maximum absolute atomic E-state index is 12.8. The average molecular weight is 433 g/mol. The predicted octanol–water partition coefficient (Wildman–Crippen LogP) is 3.07. The fourth-order valence-electron chi connectivity index (χ4n) is 2.17. The first-order chi connectivity index (χ1) is 13.6. The molecule has 0 atom stereocenters. The number of hydrogen-bond acceptors (Lipinski definition) is 5. The summed E-state index contributed by atoms with van der Waals surface area (Å²) in [5, 5.41) is 5.27. The number of hydrogen-bond donors (Lipinski definition) is 1. The number of carbonyl (C=O) groups is 1. The molecule has 0 saturated heterocycles. The van der Waals surface area contributed by atoms with Crippen LogP contribution in [-0.2, 0) is 17.6 Å². The average Bonchev–Trinajstić information content (AvgIpc) is 2.67. The Kier molecular flexibility index (Phi) is 7.10. The van der Waals surface area contributed by atoms with E-state index in [9.17, 15) is 18.0 Å². The van der Waals surface area contributed by atoms with E-state index in [2.05, 4.69) is 10.1 Å². The van der Waals surface area contributed by atoms with Crippen LogP contribution in [0.5, 0.6) is 5.75 Å². The van der Waals surface area contributed by atoms with Crippen molar-refractivity contribution in [1.29, 1.82) is 0 Å². The third-order valence-corrected chi connectivity index (χ3v) is 3.98. The number of alkyl halides is 3.